The highest BCUT2D eigenvalue weighted by molar-refractivity contribution is 5.93. The molecule has 0 heterocycles. The van der Waals surface area contributed by atoms with E-state index in [4.69, 9.17) is 5.73 Å². The lowest BCUT2D eigenvalue weighted by molar-refractivity contribution is 0.1000. The Morgan fingerprint density at radius 2 is 1.79 bits per heavy atom. The number of aryl methyl sites for hydroxylation is 1. The second-order valence-corrected chi connectivity index (χ2v) is 4.70. The Morgan fingerprint density at radius 3 is 2.21 bits per heavy atom. The third kappa shape index (κ3) is 2.34. The molecule has 14 heavy (non-hydrogen) atoms. The molecule has 1 aromatic carbocycles. The Morgan fingerprint density at radius 1 is 1.21 bits per heavy atom. The van der Waals surface area contributed by atoms with Crippen LogP contribution in [0.3, 0.4) is 0 Å². The van der Waals surface area contributed by atoms with Crippen LogP contribution in [0.2, 0.25) is 0 Å². The zero-order valence-electron chi connectivity index (χ0n) is 9.22. The summed E-state index contributed by atoms with van der Waals surface area (Å²) in [5.41, 5.74) is 8.12. The fraction of sp³-hybridized carbons (Fsp3) is 0.417. The molecule has 0 saturated carbocycles. The van der Waals surface area contributed by atoms with E-state index < -0.39 is 0 Å². The first kappa shape index (κ1) is 10.8. The van der Waals surface area contributed by atoms with Gasteiger partial charge in [-0.1, -0.05) is 32.4 Å². The number of primary amides is 1. The van der Waals surface area contributed by atoms with Crippen molar-refractivity contribution in [3.8, 4) is 0 Å². The number of hydrogen-bond acceptors (Lipinski definition) is 1. The average molecular weight is 191 g/mol. The van der Waals surface area contributed by atoms with Crippen LogP contribution in [0.4, 0.5) is 0 Å². The van der Waals surface area contributed by atoms with Crippen LogP contribution >= 0.6 is 0 Å². The van der Waals surface area contributed by atoms with Crippen molar-refractivity contribution in [1.29, 1.82) is 0 Å². The first-order valence-corrected chi connectivity index (χ1v) is 4.72. The number of carbonyl (C=O) groups excluding carboxylic acids is 1. The van der Waals surface area contributed by atoms with Gasteiger partial charge in [-0.3, -0.25) is 4.79 Å². The summed E-state index contributed by atoms with van der Waals surface area (Å²) >= 11 is 0. The van der Waals surface area contributed by atoms with Gasteiger partial charge in [0.05, 0.1) is 0 Å². The Hall–Kier alpha value is -1.31. The standard InChI is InChI=1S/C12H17NO/c1-8-5-9(11(13)14)7-10(6-8)12(2,3)4/h5-7H,1-4H3,(H2,13,14). The number of nitrogens with two attached hydrogens (primary N) is 1. The summed E-state index contributed by atoms with van der Waals surface area (Å²) in [5, 5.41) is 0. The zero-order chi connectivity index (χ0) is 10.9. The topological polar surface area (TPSA) is 43.1 Å². The van der Waals surface area contributed by atoms with Crippen LogP contribution in [0.5, 0.6) is 0 Å². The molecular weight excluding hydrogens is 174 g/mol. The molecule has 0 saturated heterocycles. The predicted octanol–water partition coefficient (Wildman–Crippen LogP) is 2.39. The highest BCUT2D eigenvalue weighted by atomic mass is 16.1. The fourth-order valence-corrected chi connectivity index (χ4v) is 1.36. The summed E-state index contributed by atoms with van der Waals surface area (Å²) in [4.78, 5) is 11.1. The molecule has 0 aromatic heterocycles. The molecule has 1 rings (SSSR count). The molecule has 1 aromatic rings. The average Bonchev–Trinajstić information content (AvgIpc) is 2.01. The molecule has 0 bridgehead atoms. The molecule has 0 aliphatic rings. The van der Waals surface area contributed by atoms with Crippen molar-refractivity contribution in [3.05, 3.63) is 34.9 Å². The molecule has 0 atom stereocenters. The first-order chi connectivity index (χ1) is 6.30. The molecular formula is C12H17NO. The molecule has 2 nitrogen and oxygen atoms in total. The smallest absolute Gasteiger partial charge is 0.248 e. The molecule has 76 valence electrons. The van der Waals surface area contributed by atoms with Crippen molar-refractivity contribution >= 4 is 5.91 Å². The number of benzene rings is 1. The fourth-order valence-electron chi connectivity index (χ4n) is 1.36. The molecule has 0 radical (unpaired) electrons. The van der Waals surface area contributed by atoms with Crippen molar-refractivity contribution in [1.82, 2.24) is 0 Å². The third-order valence-corrected chi connectivity index (χ3v) is 2.23. The van der Waals surface area contributed by atoms with Crippen LogP contribution in [0.25, 0.3) is 0 Å². The first-order valence-electron chi connectivity index (χ1n) is 4.72. The summed E-state index contributed by atoms with van der Waals surface area (Å²) < 4.78 is 0. The SMILES string of the molecule is Cc1cc(C(N)=O)cc(C(C)(C)C)c1. The van der Waals surface area contributed by atoms with Gasteiger partial charge < -0.3 is 5.73 Å². The van der Waals surface area contributed by atoms with Crippen molar-refractivity contribution in [2.24, 2.45) is 5.73 Å². The summed E-state index contributed by atoms with van der Waals surface area (Å²) in [5.74, 6) is -0.362. The van der Waals surface area contributed by atoms with Gasteiger partial charge in [0, 0.05) is 5.56 Å². The summed E-state index contributed by atoms with van der Waals surface area (Å²) in [6.07, 6.45) is 0. The highest BCUT2D eigenvalue weighted by Gasteiger charge is 2.15. The quantitative estimate of drug-likeness (QED) is 0.727. The highest BCUT2D eigenvalue weighted by Crippen LogP contribution is 2.24. The molecule has 2 N–H and O–H groups in total. The molecule has 0 unspecified atom stereocenters. The van der Waals surface area contributed by atoms with Crippen LogP contribution < -0.4 is 5.73 Å². The minimum absolute atomic E-state index is 0.0518. The Labute approximate surface area is 85.1 Å². The molecule has 1 amide bonds. The summed E-state index contributed by atoms with van der Waals surface area (Å²) in [7, 11) is 0. The second kappa shape index (κ2) is 3.45. The van der Waals surface area contributed by atoms with Gasteiger partial charge in [0.1, 0.15) is 0 Å². The lowest BCUT2D eigenvalue weighted by Gasteiger charge is -2.20. The number of hydrogen-bond donors (Lipinski definition) is 1. The minimum Gasteiger partial charge on any atom is -0.366 e. The Kier molecular flexibility index (Phi) is 2.65. The van der Waals surface area contributed by atoms with E-state index in [2.05, 4.69) is 26.8 Å². The van der Waals surface area contributed by atoms with Crippen LogP contribution in [0, 0.1) is 6.92 Å². The van der Waals surface area contributed by atoms with Crippen molar-refractivity contribution < 1.29 is 4.79 Å². The van der Waals surface area contributed by atoms with E-state index in [1.54, 1.807) is 0 Å². The van der Waals surface area contributed by atoms with Gasteiger partial charge in [0.2, 0.25) is 5.91 Å². The number of carbonyl (C=O) groups is 1. The van der Waals surface area contributed by atoms with Crippen molar-refractivity contribution in [2.45, 2.75) is 33.1 Å². The molecule has 0 aliphatic heterocycles. The van der Waals surface area contributed by atoms with E-state index >= 15 is 0 Å². The van der Waals surface area contributed by atoms with Gasteiger partial charge in [0.25, 0.3) is 0 Å². The van der Waals surface area contributed by atoms with E-state index in [9.17, 15) is 4.79 Å². The van der Waals surface area contributed by atoms with E-state index in [0.29, 0.717) is 5.56 Å². The maximum absolute atomic E-state index is 11.1. The van der Waals surface area contributed by atoms with Crippen LogP contribution in [-0.2, 0) is 5.41 Å². The Balaban J connectivity index is 3.28. The van der Waals surface area contributed by atoms with E-state index in [-0.39, 0.29) is 11.3 Å². The van der Waals surface area contributed by atoms with Gasteiger partial charge in [-0.05, 0) is 30.0 Å². The molecule has 0 fully saturated rings. The van der Waals surface area contributed by atoms with Gasteiger partial charge in [0.15, 0.2) is 0 Å². The van der Waals surface area contributed by atoms with Crippen molar-refractivity contribution in [3.63, 3.8) is 0 Å². The maximum Gasteiger partial charge on any atom is 0.248 e. The summed E-state index contributed by atoms with van der Waals surface area (Å²) in [6, 6.07) is 5.78. The van der Waals surface area contributed by atoms with Gasteiger partial charge in [-0.2, -0.15) is 0 Å². The predicted molar refractivity (Wildman–Crippen MR) is 58.4 cm³/mol. The minimum atomic E-state index is -0.362. The van der Waals surface area contributed by atoms with Gasteiger partial charge in [-0.25, -0.2) is 0 Å². The Bertz CT molecular complexity index is 361. The number of rotatable bonds is 1. The van der Waals surface area contributed by atoms with Gasteiger partial charge in [-0.15, -0.1) is 0 Å². The largest absolute Gasteiger partial charge is 0.366 e. The van der Waals surface area contributed by atoms with Crippen LogP contribution in [0.15, 0.2) is 18.2 Å². The van der Waals surface area contributed by atoms with Crippen molar-refractivity contribution in [2.75, 3.05) is 0 Å². The second-order valence-electron chi connectivity index (χ2n) is 4.70. The molecule has 0 spiro atoms. The van der Waals surface area contributed by atoms with Crippen LogP contribution in [-0.4, -0.2) is 5.91 Å². The number of amides is 1. The van der Waals surface area contributed by atoms with Crippen LogP contribution in [0.1, 0.15) is 42.3 Å². The summed E-state index contributed by atoms with van der Waals surface area (Å²) in [6.45, 7) is 8.33. The van der Waals surface area contributed by atoms with Gasteiger partial charge >= 0.3 is 0 Å². The molecule has 2 heteroatoms. The monoisotopic (exact) mass is 191 g/mol. The van der Waals surface area contributed by atoms with E-state index in [1.165, 1.54) is 0 Å². The normalized spacial score (nSPS) is 11.4. The third-order valence-electron chi connectivity index (χ3n) is 2.23. The molecule has 0 aliphatic carbocycles. The van der Waals surface area contributed by atoms with E-state index in [1.807, 2.05) is 19.1 Å². The lowest BCUT2D eigenvalue weighted by Crippen LogP contribution is -2.16. The zero-order valence-corrected chi connectivity index (χ0v) is 9.22. The lowest BCUT2D eigenvalue weighted by atomic mass is 9.85. The maximum atomic E-state index is 11.1. The van der Waals surface area contributed by atoms with E-state index in [0.717, 1.165) is 11.1 Å².